The Morgan fingerprint density at radius 2 is 1.08 bits per heavy atom. The number of amides is 8. The molecule has 22 N–H and O–H groups in total. The highest BCUT2D eigenvalue weighted by Crippen LogP contribution is 2.20. The predicted molar refractivity (Wildman–Crippen MR) is 271 cm³/mol. The molecule has 8 atom stereocenters. The van der Waals surface area contributed by atoms with Crippen LogP contribution < -0.4 is 77.4 Å². The fourth-order valence-corrected chi connectivity index (χ4v) is 7.62. The van der Waals surface area contributed by atoms with Gasteiger partial charge in [-0.3, -0.25) is 48.3 Å². The molecular weight excluding hydrogens is 939 g/mol. The van der Waals surface area contributed by atoms with Crippen LogP contribution in [0.3, 0.4) is 0 Å². The first-order valence-electron chi connectivity index (χ1n) is 24.9. The van der Waals surface area contributed by atoms with Crippen LogP contribution in [0.2, 0.25) is 0 Å². The lowest BCUT2D eigenvalue weighted by molar-refractivity contribution is -0.142. The number of hydrogen-bond acceptors (Lipinski definition) is 14. The fourth-order valence-electron chi connectivity index (χ4n) is 7.62. The Balaban J connectivity index is 3.17. The van der Waals surface area contributed by atoms with Crippen molar-refractivity contribution in [2.24, 2.45) is 62.0 Å². The van der Waals surface area contributed by atoms with Crippen LogP contribution in [0.15, 0.2) is 9.98 Å². The van der Waals surface area contributed by atoms with Gasteiger partial charge in [-0.05, 0) is 108 Å². The third kappa shape index (κ3) is 25.2. The van der Waals surface area contributed by atoms with E-state index in [2.05, 4.69) is 47.2 Å². The Kier molecular flexibility index (Phi) is 30.8. The van der Waals surface area contributed by atoms with Crippen molar-refractivity contribution in [3.8, 4) is 0 Å². The first-order chi connectivity index (χ1) is 34.1. The summed E-state index contributed by atoms with van der Waals surface area (Å²) < 4.78 is 0. The molecular formula is C45H85N17O10. The highest BCUT2D eigenvalue weighted by Gasteiger charge is 2.39. The average molecular weight is 1020 g/mol. The Bertz CT molecular complexity index is 1830. The zero-order valence-electron chi connectivity index (χ0n) is 42.5. The molecule has 27 heteroatoms. The van der Waals surface area contributed by atoms with Crippen molar-refractivity contribution in [2.45, 2.75) is 160 Å². The summed E-state index contributed by atoms with van der Waals surface area (Å²) in [6.45, 7) is 7.29. The van der Waals surface area contributed by atoms with Crippen LogP contribution in [0, 0.1) is 11.8 Å². The minimum atomic E-state index is -1.24. The first kappa shape index (κ1) is 63.7. The van der Waals surface area contributed by atoms with Crippen LogP contribution in [0.4, 0.5) is 0 Å². The summed E-state index contributed by atoms with van der Waals surface area (Å²) in [4.78, 5) is 129. The highest BCUT2D eigenvalue weighted by atomic mass is 16.4. The minimum Gasteiger partial charge on any atom is -0.480 e. The van der Waals surface area contributed by atoms with Gasteiger partial charge in [-0.1, -0.05) is 34.1 Å². The molecule has 0 aromatic carbocycles. The van der Waals surface area contributed by atoms with E-state index in [-0.39, 0.29) is 88.3 Å². The number of guanidine groups is 2. The van der Waals surface area contributed by atoms with E-state index < -0.39 is 109 Å². The maximum atomic E-state index is 14.3. The molecule has 0 saturated carbocycles. The molecule has 0 aliphatic carbocycles. The van der Waals surface area contributed by atoms with Gasteiger partial charge in [0.1, 0.15) is 36.3 Å². The van der Waals surface area contributed by atoms with E-state index in [1.54, 1.807) is 0 Å². The van der Waals surface area contributed by atoms with Crippen molar-refractivity contribution < 1.29 is 48.3 Å². The number of nitrogens with one attached hydrogen (secondary N) is 7. The maximum absolute atomic E-state index is 14.3. The standard InChI is InChI=1S/C45H85N17O10/c1-5-27(4)36(48)41(69)58-29(15-10-20-53-44(49)50)38(66)61-32(23-26(2)3)39(67)59-30(16-11-21-54-45(51)52)42(70)62-22-12-17-33(62)40(68)56-24-34(63)55-25-35(64)57-28(13-6-8-18-46)37(65)60-31(43(71)72)14-7-9-19-47/h26-33,36H,5-25,46-48H2,1-4H3,(H,55,63)(H,56,68)(H,57,64)(H,58,69)(H,59,67)(H,60,65)(H,61,66)(H,71,72)(H4,49,50,53)(H4,51,52,54)/t27-,28-,29-,30-,31-,32-,33-,36-/m0/s1. The van der Waals surface area contributed by atoms with Crippen LogP contribution in [0.1, 0.15) is 118 Å². The number of likely N-dealkylation sites (tertiary alicyclic amines) is 1. The quantitative estimate of drug-likeness (QED) is 0.0160. The number of carboxylic acids is 1. The summed E-state index contributed by atoms with van der Waals surface area (Å²) in [7, 11) is 0. The molecule has 1 aliphatic rings. The molecule has 0 unspecified atom stereocenters. The minimum absolute atomic E-state index is 0.0282. The monoisotopic (exact) mass is 1020 g/mol. The Hall–Kier alpha value is -6.35. The topological polar surface area (TPSA) is 468 Å². The largest absolute Gasteiger partial charge is 0.480 e. The number of carbonyl (C=O) groups excluding carboxylic acids is 8. The van der Waals surface area contributed by atoms with Crippen molar-refractivity contribution in [1.82, 2.24) is 42.1 Å². The molecule has 8 amide bonds. The maximum Gasteiger partial charge on any atom is 0.326 e. The van der Waals surface area contributed by atoms with E-state index in [0.29, 0.717) is 58.0 Å². The summed E-state index contributed by atoms with van der Waals surface area (Å²) in [5.74, 6) is -7.33. The molecule has 0 aromatic rings. The Labute approximate surface area is 422 Å². The van der Waals surface area contributed by atoms with Crippen molar-refractivity contribution >= 4 is 65.1 Å². The van der Waals surface area contributed by atoms with Crippen LogP contribution in [0.25, 0.3) is 0 Å². The molecule has 1 rings (SSSR count). The van der Waals surface area contributed by atoms with E-state index in [9.17, 15) is 48.3 Å². The third-order valence-corrected chi connectivity index (χ3v) is 11.9. The number of carbonyl (C=O) groups is 9. The van der Waals surface area contributed by atoms with Gasteiger partial charge in [-0.2, -0.15) is 0 Å². The van der Waals surface area contributed by atoms with Gasteiger partial charge in [0.05, 0.1) is 19.1 Å². The molecule has 410 valence electrons. The molecule has 1 heterocycles. The third-order valence-electron chi connectivity index (χ3n) is 11.9. The summed E-state index contributed by atoms with van der Waals surface area (Å²) in [6.07, 6.45) is 4.34. The zero-order valence-corrected chi connectivity index (χ0v) is 42.5. The van der Waals surface area contributed by atoms with Crippen LogP contribution in [-0.4, -0.2) is 163 Å². The van der Waals surface area contributed by atoms with Crippen molar-refractivity contribution in [1.29, 1.82) is 0 Å². The molecule has 0 aromatic heterocycles. The second kappa shape index (κ2) is 34.9. The molecule has 27 nitrogen and oxygen atoms in total. The lowest BCUT2D eigenvalue weighted by Crippen LogP contribution is -2.59. The van der Waals surface area contributed by atoms with E-state index in [1.165, 1.54) is 4.90 Å². The van der Waals surface area contributed by atoms with Gasteiger partial charge in [-0.15, -0.1) is 0 Å². The number of nitrogens with two attached hydrogens (primary N) is 7. The number of nitrogens with zero attached hydrogens (tertiary/aromatic N) is 3. The Morgan fingerprint density at radius 1 is 0.611 bits per heavy atom. The zero-order chi connectivity index (χ0) is 54.3. The number of rotatable bonds is 36. The lowest BCUT2D eigenvalue weighted by Gasteiger charge is -2.30. The van der Waals surface area contributed by atoms with Crippen molar-refractivity contribution in [3.63, 3.8) is 0 Å². The molecule has 0 radical (unpaired) electrons. The molecule has 72 heavy (non-hydrogen) atoms. The lowest BCUT2D eigenvalue weighted by atomic mass is 9.98. The summed E-state index contributed by atoms with van der Waals surface area (Å²) in [5, 5.41) is 27.7. The van der Waals surface area contributed by atoms with Gasteiger partial charge in [0.15, 0.2) is 11.9 Å². The summed E-state index contributed by atoms with van der Waals surface area (Å²) in [5.41, 5.74) is 39.2. The summed E-state index contributed by atoms with van der Waals surface area (Å²) >= 11 is 0. The van der Waals surface area contributed by atoms with E-state index >= 15 is 0 Å². The van der Waals surface area contributed by atoms with Crippen molar-refractivity contribution in [3.05, 3.63) is 0 Å². The van der Waals surface area contributed by atoms with Crippen molar-refractivity contribution in [2.75, 3.05) is 45.8 Å². The molecule has 1 fully saturated rings. The first-order valence-corrected chi connectivity index (χ1v) is 24.9. The van der Waals surface area contributed by atoms with Gasteiger partial charge in [0, 0.05) is 19.6 Å². The van der Waals surface area contributed by atoms with E-state index in [1.807, 2.05) is 27.7 Å². The van der Waals surface area contributed by atoms with Crippen LogP contribution in [-0.2, 0) is 43.2 Å². The van der Waals surface area contributed by atoms with E-state index in [4.69, 9.17) is 40.1 Å². The fraction of sp³-hybridized carbons (Fsp3) is 0.756. The number of hydrogen-bond donors (Lipinski definition) is 15. The second-order valence-electron chi connectivity index (χ2n) is 18.4. The predicted octanol–water partition coefficient (Wildman–Crippen LogP) is -4.50. The number of aliphatic carboxylic acids is 1. The van der Waals surface area contributed by atoms with Gasteiger partial charge in [0.2, 0.25) is 47.3 Å². The number of aliphatic imine (C=N–C) groups is 2. The van der Waals surface area contributed by atoms with Gasteiger partial charge >= 0.3 is 5.97 Å². The molecule has 1 aliphatic heterocycles. The number of unbranched alkanes of at least 4 members (excludes halogenated alkanes) is 2. The van der Waals surface area contributed by atoms with Gasteiger partial charge in [0.25, 0.3) is 0 Å². The molecule has 0 spiro atoms. The molecule has 1 saturated heterocycles. The second-order valence-corrected chi connectivity index (χ2v) is 18.4. The average Bonchev–Trinajstić information content (AvgIpc) is 3.82. The number of carboxylic acid groups (broad SMARTS) is 1. The SMILES string of the molecule is CC[C@H](C)[C@H](N)C(=O)N[C@@H](CCCN=C(N)N)C(=O)N[C@@H](CC(C)C)C(=O)N[C@@H](CCCN=C(N)N)C(=O)N1CCC[C@H]1C(=O)NCC(=O)NCC(=O)N[C@@H](CCCCN)C(=O)N[C@@H](CCCCN)C(=O)O. The summed E-state index contributed by atoms with van der Waals surface area (Å²) in [6, 6.07) is -7.78. The highest BCUT2D eigenvalue weighted by molar-refractivity contribution is 5.97. The van der Waals surface area contributed by atoms with Crippen LogP contribution in [0.5, 0.6) is 0 Å². The van der Waals surface area contributed by atoms with Gasteiger partial charge in [-0.25, -0.2) is 4.79 Å². The smallest absolute Gasteiger partial charge is 0.326 e. The molecule has 0 bridgehead atoms. The van der Waals surface area contributed by atoms with Crippen LogP contribution >= 0.6 is 0 Å². The van der Waals surface area contributed by atoms with E-state index in [0.717, 1.165) is 0 Å². The van der Waals surface area contributed by atoms with Gasteiger partial charge < -0.3 is 87.4 Å². The normalized spacial score (nSPS) is 16.1. The Morgan fingerprint density at radius 3 is 1.61 bits per heavy atom.